The highest BCUT2D eigenvalue weighted by Crippen LogP contribution is 2.39. The Labute approximate surface area is 173 Å². The second kappa shape index (κ2) is 8.82. The number of aromatic nitrogens is 2. The smallest absolute Gasteiger partial charge is 0.276 e. The van der Waals surface area contributed by atoms with Crippen molar-refractivity contribution in [3.05, 3.63) is 47.8 Å². The number of nitrogens with one attached hydrogen (secondary N) is 1. The lowest BCUT2D eigenvalue weighted by Gasteiger charge is -2.26. The number of carbonyl (C=O) groups excluding carboxylic acids is 1. The minimum atomic E-state index is -0.108. The van der Waals surface area contributed by atoms with Crippen LogP contribution in [0.2, 0.25) is 0 Å². The topological polar surface area (TPSA) is 53.4 Å². The number of carbonyl (C=O) groups is 1. The van der Waals surface area contributed by atoms with Gasteiger partial charge in [-0.15, -0.1) is 0 Å². The molecule has 2 aliphatic rings. The van der Waals surface area contributed by atoms with E-state index < -0.39 is 0 Å². The van der Waals surface area contributed by atoms with Gasteiger partial charge in [0.1, 0.15) is 5.69 Å². The summed E-state index contributed by atoms with van der Waals surface area (Å²) in [5.41, 5.74) is 4.22. The van der Waals surface area contributed by atoms with Crippen LogP contribution in [0.25, 0.3) is 0 Å². The minimum Gasteiger partial charge on any atom is -0.332 e. The second-order valence-corrected chi connectivity index (χ2v) is 8.00. The Morgan fingerprint density at radius 1 is 1.14 bits per heavy atom. The fourth-order valence-corrected chi connectivity index (χ4v) is 4.44. The first-order valence-corrected chi connectivity index (χ1v) is 10.7. The Bertz CT molecular complexity index is 895. The molecule has 3 heterocycles. The molecule has 0 unspecified atom stereocenters. The lowest BCUT2D eigenvalue weighted by molar-refractivity contribution is 0.101. The fraction of sp³-hybridized carbons (Fsp3) is 0.478. The zero-order chi connectivity index (χ0) is 20.2. The highest BCUT2D eigenvalue weighted by molar-refractivity contribution is 6.11. The summed E-state index contributed by atoms with van der Waals surface area (Å²) in [5, 5.41) is 7.54. The molecule has 1 amide bonds. The zero-order valence-corrected chi connectivity index (χ0v) is 17.5. The molecular weight excluding hydrogens is 362 g/mol. The molecular formula is C23H31N5O. The van der Waals surface area contributed by atoms with Gasteiger partial charge in [-0.05, 0) is 64.4 Å². The molecule has 1 aromatic carbocycles. The molecule has 2 aliphatic heterocycles. The van der Waals surface area contributed by atoms with Crippen LogP contribution in [0.1, 0.15) is 48.3 Å². The lowest BCUT2D eigenvalue weighted by atomic mass is 10.1. The number of piperidine rings is 1. The van der Waals surface area contributed by atoms with Crippen LogP contribution in [0.15, 0.2) is 36.4 Å². The number of rotatable bonds is 6. The third kappa shape index (κ3) is 4.22. The Balaban J connectivity index is 1.47. The maximum atomic E-state index is 12.8. The van der Waals surface area contributed by atoms with E-state index in [0.29, 0.717) is 5.69 Å². The average molecular weight is 394 g/mol. The van der Waals surface area contributed by atoms with E-state index in [0.717, 1.165) is 35.7 Å². The molecule has 1 N–H and O–H groups in total. The van der Waals surface area contributed by atoms with Crippen LogP contribution >= 0.6 is 0 Å². The molecule has 0 bridgehead atoms. The number of para-hydroxylation sites is 2. The van der Waals surface area contributed by atoms with Crippen LogP contribution < -0.4 is 10.2 Å². The number of likely N-dealkylation sites (tertiary alicyclic amines) is 1. The van der Waals surface area contributed by atoms with Crippen LogP contribution in [-0.4, -0.2) is 46.8 Å². The van der Waals surface area contributed by atoms with E-state index in [4.69, 9.17) is 0 Å². The number of hydrogen-bond acceptors (Lipinski definition) is 4. The summed E-state index contributed by atoms with van der Waals surface area (Å²) in [6, 6.07) is 7.98. The number of hydrogen-bond donors (Lipinski definition) is 1. The van der Waals surface area contributed by atoms with E-state index in [1.165, 1.54) is 45.3 Å². The Morgan fingerprint density at radius 2 is 1.93 bits per heavy atom. The normalized spacial score (nSPS) is 17.2. The molecule has 0 radical (unpaired) electrons. The van der Waals surface area contributed by atoms with Gasteiger partial charge in [0.25, 0.3) is 5.91 Å². The van der Waals surface area contributed by atoms with Crippen molar-refractivity contribution in [2.45, 2.75) is 39.0 Å². The number of nitrogens with zero attached hydrogens (tertiary/aromatic N) is 4. The maximum absolute atomic E-state index is 12.8. The van der Waals surface area contributed by atoms with Gasteiger partial charge in [-0.1, -0.05) is 30.7 Å². The summed E-state index contributed by atoms with van der Waals surface area (Å²) in [6.45, 7) is 6.41. The molecule has 6 nitrogen and oxygen atoms in total. The third-order valence-corrected chi connectivity index (χ3v) is 5.87. The summed E-state index contributed by atoms with van der Waals surface area (Å²) in [6.07, 6.45) is 10.9. The lowest BCUT2D eigenvalue weighted by Crippen LogP contribution is -2.30. The van der Waals surface area contributed by atoms with Crippen molar-refractivity contribution in [3.63, 3.8) is 0 Å². The van der Waals surface area contributed by atoms with Gasteiger partial charge in [0.05, 0.1) is 22.8 Å². The van der Waals surface area contributed by atoms with Crippen LogP contribution in [-0.2, 0) is 7.05 Å². The number of amides is 1. The molecule has 4 rings (SSSR count). The van der Waals surface area contributed by atoms with E-state index in [1.807, 2.05) is 32.2 Å². The molecule has 29 heavy (non-hydrogen) atoms. The van der Waals surface area contributed by atoms with E-state index in [-0.39, 0.29) is 5.91 Å². The Kier molecular flexibility index (Phi) is 6.00. The first-order valence-electron chi connectivity index (χ1n) is 10.7. The van der Waals surface area contributed by atoms with Gasteiger partial charge in [-0.3, -0.25) is 9.48 Å². The second-order valence-electron chi connectivity index (χ2n) is 8.00. The van der Waals surface area contributed by atoms with Gasteiger partial charge < -0.3 is 15.1 Å². The number of benzene rings is 1. The number of fused-ring (bicyclic) bond motifs is 2. The van der Waals surface area contributed by atoms with Crippen LogP contribution in [0, 0.1) is 6.92 Å². The molecule has 1 fully saturated rings. The Hall–Kier alpha value is -2.60. The molecule has 0 saturated carbocycles. The Morgan fingerprint density at radius 3 is 2.76 bits per heavy atom. The van der Waals surface area contributed by atoms with Crippen molar-refractivity contribution >= 4 is 23.0 Å². The van der Waals surface area contributed by atoms with Crippen molar-refractivity contribution in [1.82, 2.24) is 14.7 Å². The first kappa shape index (κ1) is 19.7. The maximum Gasteiger partial charge on any atom is 0.276 e. The van der Waals surface area contributed by atoms with E-state index in [2.05, 4.69) is 38.4 Å². The summed E-state index contributed by atoms with van der Waals surface area (Å²) >= 11 is 0. The van der Waals surface area contributed by atoms with Gasteiger partial charge in [0, 0.05) is 13.6 Å². The standard InChI is InChI=1S/C23H31N5O/c1-18-21-22(26(2)25-18)23(29)24-19-12-6-7-13-20(19)28(21)17-11-4-3-8-14-27-15-9-5-10-16-27/h4,6-7,11-13H,3,5,8-10,14-17H2,1-2H3,(H,24,29). The van der Waals surface area contributed by atoms with Crippen molar-refractivity contribution in [1.29, 1.82) is 0 Å². The predicted octanol–water partition coefficient (Wildman–Crippen LogP) is 4.25. The highest BCUT2D eigenvalue weighted by Gasteiger charge is 2.30. The van der Waals surface area contributed by atoms with E-state index >= 15 is 0 Å². The number of anilines is 3. The van der Waals surface area contributed by atoms with Crippen LogP contribution in [0.3, 0.4) is 0 Å². The average Bonchev–Trinajstić information content (AvgIpc) is 2.95. The van der Waals surface area contributed by atoms with Gasteiger partial charge in [0.15, 0.2) is 0 Å². The van der Waals surface area contributed by atoms with Crippen molar-refractivity contribution in [2.75, 3.05) is 36.4 Å². The number of aryl methyl sites for hydroxylation is 2. The molecule has 1 saturated heterocycles. The van der Waals surface area contributed by atoms with Gasteiger partial charge in [-0.25, -0.2) is 0 Å². The summed E-state index contributed by atoms with van der Waals surface area (Å²) in [4.78, 5) is 17.6. The van der Waals surface area contributed by atoms with Crippen molar-refractivity contribution in [3.8, 4) is 0 Å². The molecule has 0 atom stereocenters. The number of unbranched alkanes of at least 4 members (excludes halogenated alkanes) is 1. The first-order chi connectivity index (χ1) is 14.1. The molecule has 1 aromatic heterocycles. The number of allylic oxidation sites excluding steroid dienone is 1. The molecule has 0 spiro atoms. The van der Waals surface area contributed by atoms with Gasteiger partial charge in [0.2, 0.25) is 0 Å². The molecule has 154 valence electrons. The van der Waals surface area contributed by atoms with E-state index in [1.54, 1.807) is 4.68 Å². The third-order valence-electron chi connectivity index (χ3n) is 5.87. The molecule has 6 heteroatoms. The van der Waals surface area contributed by atoms with Crippen molar-refractivity contribution in [2.24, 2.45) is 7.05 Å². The largest absolute Gasteiger partial charge is 0.332 e. The predicted molar refractivity (Wildman–Crippen MR) is 118 cm³/mol. The summed E-state index contributed by atoms with van der Waals surface area (Å²) in [7, 11) is 1.83. The van der Waals surface area contributed by atoms with Gasteiger partial charge >= 0.3 is 0 Å². The van der Waals surface area contributed by atoms with Crippen molar-refractivity contribution < 1.29 is 4.79 Å². The minimum absolute atomic E-state index is 0.108. The zero-order valence-electron chi connectivity index (χ0n) is 17.5. The van der Waals surface area contributed by atoms with E-state index in [9.17, 15) is 4.79 Å². The summed E-state index contributed by atoms with van der Waals surface area (Å²) in [5.74, 6) is -0.108. The quantitative estimate of drug-likeness (QED) is 0.589. The highest BCUT2D eigenvalue weighted by atomic mass is 16.2. The SMILES string of the molecule is Cc1nn(C)c2c1N(CC=CCCCN1CCCCC1)c1ccccc1NC2=O. The molecule has 2 aromatic rings. The summed E-state index contributed by atoms with van der Waals surface area (Å²) < 4.78 is 1.68. The monoisotopic (exact) mass is 393 g/mol. The van der Waals surface area contributed by atoms with Crippen LogP contribution in [0.5, 0.6) is 0 Å². The molecule has 0 aliphatic carbocycles. The van der Waals surface area contributed by atoms with Gasteiger partial charge in [-0.2, -0.15) is 5.10 Å². The van der Waals surface area contributed by atoms with Crippen LogP contribution in [0.4, 0.5) is 17.1 Å². The fourth-order valence-electron chi connectivity index (χ4n) is 4.44.